The topological polar surface area (TPSA) is 49.9 Å². The first-order valence-electron chi connectivity index (χ1n) is 5.37. The smallest absolute Gasteiger partial charge is 0.266 e. The Kier molecular flexibility index (Phi) is 7.71. The summed E-state index contributed by atoms with van der Waals surface area (Å²) >= 11 is 0. The van der Waals surface area contributed by atoms with Crippen LogP contribution in [0.3, 0.4) is 0 Å². The standard InChI is InChI=1S/C12H20N2O3/c1-5-7-8-11(15)13(3)14(4)12(16)10-17-9-6-2/h5-6H,1-2,7-10H2,3-4H3. The predicted octanol–water partition coefficient (Wildman–Crippen LogP) is 0.987. The second-order valence-corrected chi connectivity index (χ2v) is 3.47. The van der Waals surface area contributed by atoms with Crippen molar-refractivity contribution in [1.82, 2.24) is 10.0 Å². The molecule has 0 saturated carbocycles. The first kappa shape index (κ1) is 15.4. The molecule has 17 heavy (non-hydrogen) atoms. The number of allylic oxidation sites excluding steroid dienone is 1. The zero-order chi connectivity index (χ0) is 13.3. The summed E-state index contributed by atoms with van der Waals surface area (Å²) < 4.78 is 5.01. The van der Waals surface area contributed by atoms with Gasteiger partial charge in [-0.3, -0.25) is 19.6 Å². The summed E-state index contributed by atoms with van der Waals surface area (Å²) in [5, 5.41) is 2.53. The van der Waals surface area contributed by atoms with Gasteiger partial charge in [0.2, 0.25) is 5.91 Å². The Bertz CT molecular complexity index is 289. The SMILES string of the molecule is C=CCCC(=O)N(C)N(C)C(=O)COCC=C. The van der Waals surface area contributed by atoms with Crippen molar-refractivity contribution in [2.45, 2.75) is 12.8 Å². The van der Waals surface area contributed by atoms with E-state index in [1.165, 1.54) is 17.1 Å². The van der Waals surface area contributed by atoms with E-state index in [1.54, 1.807) is 19.2 Å². The largest absolute Gasteiger partial charge is 0.368 e. The molecule has 0 aromatic heterocycles. The van der Waals surface area contributed by atoms with Crippen LogP contribution in [0.2, 0.25) is 0 Å². The number of carbonyl (C=O) groups is 2. The van der Waals surface area contributed by atoms with E-state index < -0.39 is 0 Å². The van der Waals surface area contributed by atoms with E-state index in [4.69, 9.17) is 4.74 Å². The van der Waals surface area contributed by atoms with E-state index in [0.717, 1.165) is 0 Å². The van der Waals surface area contributed by atoms with Crippen molar-refractivity contribution >= 4 is 11.8 Å². The number of hydrazine groups is 1. The van der Waals surface area contributed by atoms with Crippen molar-refractivity contribution in [3.05, 3.63) is 25.3 Å². The van der Waals surface area contributed by atoms with Crippen LogP contribution >= 0.6 is 0 Å². The number of ether oxygens (including phenoxy) is 1. The van der Waals surface area contributed by atoms with Gasteiger partial charge in [-0.15, -0.1) is 13.2 Å². The number of hydrogen-bond donors (Lipinski definition) is 0. The summed E-state index contributed by atoms with van der Waals surface area (Å²) in [4.78, 5) is 23.2. The second kappa shape index (κ2) is 8.52. The van der Waals surface area contributed by atoms with Gasteiger partial charge in [-0.25, -0.2) is 0 Å². The fraction of sp³-hybridized carbons (Fsp3) is 0.500. The van der Waals surface area contributed by atoms with Crippen LogP contribution in [0.1, 0.15) is 12.8 Å². The fourth-order valence-electron chi connectivity index (χ4n) is 1.04. The predicted molar refractivity (Wildman–Crippen MR) is 66.0 cm³/mol. The van der Waals surface area contributed by atoms with E-state index in [0.29, 0.717) is 19.4 Å². The molecule has 0 aromatic rings. The van der Waals surface area contributed by atoms with E-state index in [-0.39, 0.29) is 18.4 Å². The van der Waals surface area contributed by atoms with Gasteiger partial charge in [0.15, 0.2) is 0 Å². The van der Waals surface area contributed by atoms with Crippen LogP contribution in [-0.2, 0) is 14.3 Å². The maximum Gasteiger partial charge on any atom is 0.266 e. The highest BCUT2D eigenvalue weighted by Crippen LogP contribution is 2.00. The molecule has 96 valence electrons. The number of nitrogens with zero attached hydrogens (tertiary/aromatic N) is 2. The zero-order valence-electron chi connectivity index (χ0n) is 10.5. The molecule has 0 fully saturated rings. The van der Waals surface area contributed by atoms with E-state index in [1.807, 2.05) is 0 Å². The fourth-order valence-corrected chi connectivity index (χ4v) is 1.04. The highest BCUT2D eigenvalue weighted by atomic mass is 16.5. The van der Waals surface area contributed by atoms with Gasteiger partial charge < -0.3 is 4.74 Å². The monoisotopic (exact) mass is 240 g/mol. The van der Waals surface area contributed by atoms with Gasteiger partial charge in [0, 0.05) is 20.5 Å². The van der Waals surface area contributed by atoms with Crippen molar-refractivity contribution in [1.29, 1.82) is 0 Å². The lowest BCUT2D eigenvalue weighted by Gasteiger charge is -2.28. The van der Waals surface area contributed by atoms with Crippen LogP contribution in [0.5, 0.6) is 0 Å². The minimum absolute atomic E-state index is 0.0679. The molecular weight excluding hydrogens is 220 g/mol. The molecule has 5 nitrogen and oxygen atoms in total. The van der Waals surface area contributed by atoms with Gasteiger partial charge in [0.05, 0.1) is 6.61 Å². The van der Waals surface area contributed by atoms with Crippen LogP contribution in [0.15, 0.2) is 25.3 Å². The third kappa shape index (κ3) is 5.87. The molecule has 0 rings (SSSR count). The number of rotatable bonds is 7. The first-order chi connectivity index (χ1) is 8.04. The molecule has 0 aromatic carbocycles. The van der Waals surface area contributed by atoms with Crippen LogP contribution in [0, 0.1) is 0 Å². The average molecular weight is 240 g/mol. The summed E-state index contributed by atoms with van der Waals surface area (Å²) in [6, 6.07) is 0. The van der Waals surface area contributed by atoms with Gasteiger partial charge >= 0.3 is 0 Å². The molecule has 2 amide bonds. The highest BCUT2D eigenvalue weighted by Gasteiger charge is 2.17. The Morgan fingerprint density at radius 1 is 1.12 bits per heavy atom. The summed E-state index contributed by atoms with van der Waals surface area (Å²) in [6.45, 7) is 7.26. The van der Waals surface area contributed by atoms with Crippen molar-refractivity contribution in [3.8, 4) is 0 Å². The van der Waals surface area contributed by atoms with Crippen molar-refractivity contribution in [2.75, 3.05) is 27.3 Å². The average Bonchev–Trinajstić information content (AvgIpc) is 2.34. The van der Waals surface area contributed by atoms with Gasteiger partial charge in [-0.1, -0.05) is 12.2 Å². The number of hydrogen-bond acceptors (Lipinski definition) is 3. The van der Waals surface area contributed by atoms with Gasteiger partial charge in [0.1, 0.15) is 6.61 Å². The molecule has 0 N–H and O–H groups in total. The third-order valence-corrected chi connectivity index (χ3v) is 2.20. The number of carbonyl (C=O) groups excluding carboxylic acids is 2. The maximum atomic E-state index is 11.6. The van der Waals surface area contributed by atoms with E-state index in [2.05, 4.69) is 13.2 Å². The Morgan fingerprint density at radius 2 is 1.71 bits per heavy atom. The molecule has 0 aliphatic heterocycles. The van der Waals surface area contributed by atoms with E-state index in [9.17, 15) is 9.59 Å². The maximum absolute atomic E-state index is 11.6. The van der Waals surface area contributed by atoms with Crippen LogP contribution in [0.25, 0.3) is 0 Å². The minimum atomic E-state index is -0.277. The molecule has 0 aliphatic carbocycles. The molecule has 0 atom stereocenters. The third-order valence-electron chi connectivity index (χ3n) is 2.20. The second-order valence-electron chi connectivity index (χ2n) is 3.47. The quantitative estimate of drug-likeness (QED) is 0.379. The minimum Gasteiger partial charge on any atom is -0.368 e. The molecule has 0 bridgehead atoms. The molecule has 0 spiro atoms. The Labute approximate surface area is 102 Å². The molecule has 0 saturated heterocycles. The number of likely N-dealkylation sites (N-methyl/N-ethyl adjacent to an activating group) is 1. The molecular formula is C12H20N2O3. The first-order valence-corrected chi connectivity index (χ1v) is 5.37. The summed E-state index contributed by atoms with van der Waals surface area (Å²) in [7, 11) is 3.09. The van der Waals surface area contributed by atoms with Crippen LogP contribution in [-0.4, -0.2) is 49.1 Å². The summed E-state index contributed by atoms with van der Waals surface area (Å²) in [5.41, 5.74) is 0. The van der Waals surface area contributed by atoms with Gasteiger partial charge in [-0.2, -0.15) is 0 Å². The summed E-state index contributed by atoms with van der Waals surface area (Å²) in [5.74, 6) is -0.411. The normalized spacial score (nSPS) is 9.53. The lowest BCUT2D eigenvalue weighted by atomic mass is 10.3. The zero-order valence-corrected chi connectivity index (χ0v) is 10.5. The lowest BCUT2D eigenvalue weighted by Crippen LogP contribution is -2.46. The van der Waals surface area contributed by atoms with Crippen LogP contribution < -0.4 is 0 Å². The molecule has 0 aliphatic rings. The summed E-state index contributed by atoms with van der Waals surface area (Å²) in [6.07, 6.45) is 4.16. The van der Waals surface area contributed by atoms with Crippen molar-refractivity contribution in [3.63, 3.8) is 0 Å². The van der Waals surface area contributed by atoms with Crippen molar-refractivity contribution in [2.24, 2.45) is 0 Å². The van der Waals surface area contributed by atoms with Crippen LogP contribution in [0.4, 0.5) is 0 Å². The molecule has 0 unspecified atom stereocenters. The van der Waals surface area contributed by atoms with Gasteiger partial charge in [0.25, 0.3) is 5.91 Å². The van der Waals surface area contributed by atoms with Gasteiger partial charge in [-0.05, 0) is 6.42 Å². The Hall–Kier alpha value is -1.62. The Balaban J connectivity index is 4.13. The molecule has 5 heteroatoms. The highest BCUT2D eigenvalue weighted by molar-refractivity contribution is 5.82. The van der Waals surface area contributed by atoms with Crippen molar-refractivity contribution < 1.29 is 14.3 Å². The number of amides is 2. The molecule has 0 heterocycles. The Morgan fingerprint density at radius 3 is 2.24 bits per heavy atom. The van der Waals surface area contributed by atoms with E-state index >= 15 is 0 Å². The lowest BCUT2D eigenvalue weighted by molar-refractivity contribution is -0.160. The molecule has 0 radical (unpaired) electrons.